The lowest BCUT2D eigenvalue weighted by molar-refractivity contribution is -0.935. The molecule has 3 aromatic heterocycles. The number of fused-ring (bicyclic) bond motifs is 2. The van der Waals surface area contributed by atoms with E-state index in [-0.39, 0.29) is 29.9 Å². The SMILES string of the molecule is CC(C)[N+]([O-])(C[C@H]1O[C@@H](n2cnc3c(N)ncnc32)[C@H](O)[C@@H]1O)C1CC(CCc2nc3cc(C(C)(C)C)ccc3[nH]2)C1. The molecule has 1 unspecified atom stereocenters. The van der Waals surface area contributed by atoms with E-state index in [1.54, 1.807) is 0 Å². The molecule has 0 bridgehead atoms. The fourth-order valence-electron chi connectivity index (χ4n) is 6.51. The van der Waals surface area contributed by atoms with E-state index in [0.29, 0.717) is 17.1 Å². The van der Waals surface area contributed by atoms with Crippen molar-refractivity contribution in [1.29, 1.82) is 0 Å². The maximum Gasteiger partial charge on any atom is 0.167 e. The van der Waals surface area contributed by atoms with Crippen molar-refractivity contribution >= 4 is 28.0 Å². The van der Waals surface area contributed by atoms with Crippen LogP contribution in [0.1, 0.15) is 71.5 Å². The molecule has 226 valence electrons. The summed E-state index contributed by atoms with van der Waals surface area (Å²) in [6.07, 6.45) is 1.94. The lowest BCUT2D eigenvalue weighted by Crippen LogP contribution is -2.63. The molecule has 1 saturated heterocycles. The predicted octanol–water partition coefficient (Wildman–Crippen LogP) is 3.34. The zero-order valence-electron chi connectivity index (χ0n) is 24.9. The Morgan fingerprint density at radius 1 is 1.17 bits per heavy atom. The smallest absolute Gasteiger partial charge is 0.167 e. The van der Waals surface area contributed by atoms with Crippen LogP contribution in [-0.2, 0) is 16.6 Å². The molecule has 42 heavy (non-hydrogen) atoms. The van der Waals surface area contributed by atoms with Gasteiger partial charge in [-0.25, -0.2) is 19.9 Å². The number of hydroxylamine groups is 3. The summed E-state index contributed by atoms with van der Waals surface area (Å²) in [6, 6.07) is 6.12. The fraction of sp³-hybridized carbons (Fsp3) is 0.600. The number of benzene rings is 1. The first-order valence-corrected chi connectivity index (χ1v) is 14.9. The highest BCUT2D eigenvalue weighted by atomic mass is 16.6. The van der Waals surface area contributed by atoms with Gasteiger partial charge in [0.25, 0.3) is 0 Å². The summed E-state index contributed by atoms with van der Waals surface area (Å²) < 4.78 is 7.19. The number of H-pyrrole nitrogens is 1. The van der Waals surface area contributed by atoms with E-state index in [9.17, 15) is 15.4 Å². The second-order valence-electron chi connectivity index (χ2n) is 13.5. The fourth-order valence-corrected chi connectivity index (χ4v) is 6.51. The molecule has 4 heterocycles. The molecule has 0 spiro atoms. The topological polar surface area (TPSA) is 171 Å². The number of nitrogen functional groups attached to an aromatic ring is 1. The number of aliphatic hydroxyl groups excluding tert-OH is 2. The molecule has 2 fully saturated rings. The van der Waals surface area contributed by atoms with Gasteiger partial charge in [-0.05, 0) is 49.3 Å². The third-order valence-electron chi connectivity index (χ3n) is 9.35. The summed E-state index contributed by atoms with van der Waals surface area (Å²) in [5.41, 5.74) is 10.1. The molecule has 6 rings (SSSR count). The van der Waals surface area contributed by atoms with Crippen molar-refractivity contribution in [2.75, 3.05) is 12.3 Å². The van der Waals surface area contributed by atoms with Gasteiger partial charge >= 0.3 is 0 Å². The lowest BCUT2D eigenvalue weighted by Gasteiger charge is -2.58. The van der Waals surface area contributed by atoms with E-state index < -0.39 is 29.2 Å². The number of anilines is 1. The van der Waals surface area contributed by atoms with E-state index >= 15 is 0 Å². The summed E-state index contributed by atoms with van der Waals surface area (Å²) in [7, 11) is 0. The van der Waals surface area contributed by atoms with Gasteiger partial charge in [-0.15, -0.1) is 0 Å². The van der Waals surface area contributed by atoms with Crippen molar-refractivity contribution in [3.05, 3.63) is 47.4 Å². The maximum atomic E-state index is 14.3. The Bertz CT molecular complexity index is 1570. The molecule has 1 saturated carbocycles. The van der Waals surface area contributed by atoms with Gasteiger partial charge in [-0.3, -0.25) is 4.57 Å². The summed E-state index contributed by atoms with van der Waals surface area (Å²) in [5.74, 6) is 1.63. The zero-order chi connectivity index (χ0) is 30.0. The van der Waals surface area contributed by atoms with E-state index in [2.05, 4.69) is 58.9 Å². The highest BCUT2D eigenvalue weighted by Crippen LogP contribution is 2.42. The van der Waals surface area contributed by atoms with E-state index in [1.807, 2.05) is 13.8 Å². The minimum absolute atomic E-state index is 0.0488. The summed E-state index contributed by atoms with van der Waals surface area (Å²) in [4.78, 5) is 20.7. The van der Waals surface area contributed by atoms with Gasteiger partial charge in [0.2, 0.25) is 0 Å². The second-order valence-corrected chi connectivity index (χ2v) is 13.5. The number of imidazole rings is 2. The summed E-state index contributed by atoms with van der Waals surface area (Å²) >= 11 is 0. The Hall–Kier alpha value is -3.16. The number of rotatable bonds is 8. The van der Waals surface area contributed by atoms with Gasteiger partial charge in [-0.1, -0.05) is 26.8 Å². The highest BCUT2D eigenvalue weighted by Gasteiger charge is 2.50. The van der Waals surface area contributed by atoms with Crippen LogP contribution >= 0.6 is 0 Å². The molecule has 0 amide bonds. The Morgan fingerprint density at radius 2 is 1.93 bits per heavy atom. The Balaban J connectivity index is 1.09. The van der Waals surface area contributed by atoms with Gasteiger partial charge in [0.15, 0.2) is 17.7 Å². The number of nitrogens with one attached hydrogen (secondary N) is 1. The number of aliphatic hydroxyl groups is 2. The molecule has 12 nitrogen and oxygen atoms in total. The molecule has 5 atom stereocenters. The number of hydrogen-bond donors (Lipinski definition) is 4. The maximum absolute atomic E-state index is 14.3. The van der Waals surface area contributed by atoms with Crippen molar-refractivity contribution in [3.63, 3.8) is 0 Å². The first kappa shape index (κ1) is 28.9. The number of aromatic amines is 1. The molecule has 0 radical (unpaired) electrons. The van der Waals surface area contributed by atoms with Crippen LogP contribution in [0.3, 0.4) is 0 Å². The van der Waals surface area contributed by atoms with Gasteiger partial charge in [0.1, 0.15) is 42.5 Å². The van der Waals surface area contributed by atoms with Crippen LogP contribution in [0.4, 0.5) is 5.82 Å². The molecular formula is C30H42N8O4. The zero-order valence-corrected chi connectivity index (χ0v) is 24.9. The molecule has 2 aliphatic rings. The molecule has 1 aliphatic heterocycles. The van der Waals surface area contributed by atoms with Gasteiger partial charge in [0, 0.05) is 19.3 Å². The van der Waals surface area contributed by atoms with Crippen LogP contribution in [-0.4, -0.2) is 81.3 Å². The number of ether oxygens (including phenoxy) is 1. The van der Waals surface area contributed by atoms with E-state index in [4.69, 9.17) is 15.5 Å². The molecule has 5 N–H and O–H groups in total. The third-order valence-corrected chi connectivity index (χ3v) is 9.35. The average Bonchev–Trinajstić information content (AvgIpc) is 3.59. The van der Waals surface area contributed by atoms with Crippen LogP contribution < -0.4 is 5.73 Å². The van der Waals surface area contributed by atoms with E-state index in [1.165, 1.54) is 22.8 Å². The van der Waals surface area contributed by atoms with Crippen LogP contribution in [0, 0.1) is 11.1 Å². The first-order chi connectivity index (χ1) is 19.8. The predicted molar refractivity (Wildman–Crippen MR) is 159 cm³/mol. The molecule has 4 aromatic rings. The largest absolute Gasteiger partial charge is 0.632 e. The number of hydrogen-bond acceptors (Lipinski definition) is 9. The number of quaternary nitrogens is 1. The van der Waals surface area contributed by atoms with E-state index in [0.717, 1.165) is 42.5 Å². The summed E-state index contributed by atoms with van der Waals surface area (Å²) in [6.45, 7) is 10.5. The average molecular weight is 579 g/mol. The normalized spacial score (nSPS) is 28.0. The van der Waals surface area contributed by atoms with Gasteiger partial charge < -0.3 is 35.5 Å². The van der Waals surface area contributed by atoms with Crippen LogP contribution in [0.15, 0.2) is 30.9 Å². The lowest BCUT2D eigenvalue weighted by atomic mass is 9.75. The number of aryl methyl sites for hydroxylation is 1. The van der Waals surface area contributed by atoms with Crippen LogP contribution in [0.2, 0.25) is 0 Å². The molecule has 1 aliphatic carbocycles. The Kier molecular flexibility index (Phi) is 7.25. The number of nitrogens with zero attached hydrogens (tertiary/aromatic N) is 6. The van der Waals surface area contributed by atoms with Crippen molar-refractivity contribution in [2.45, 2.75) is 102 Å². The van der Waals surface area contributed by atoms with Crippen molar-refractivity contribution in [1.82, 2.24) is 29.5 Å². The summed E-state index contributed by atoms with van der Waals surface area (Å²) in [5, 5.41) is 36.1. The van der Waals surface area contributed by atoms with Crippen molar-refractivity contribution < 1.29 is 19.6 Å². The quantitative estimate of drug-likeness (QED) is 0.181. The molecule has 1 aromatic carbocycles. The third kappa shape index (κ3) is 5.05. The van der Waals surface area contributed by atoms with Crippen LogP contribution in [0.5, 0.6) is 0 Å². The molecule has 12 heteroatoms. The second kappa shape index (κ2) is 10.5. The Labute approximate surface area is 245 Å². The van der Waals surface area contributed by atoms with Crippen LogP contribution in [0.25, 0.3) is 22.2 Å². The Morgan fingerprint density at radius 3 is 2.64 bits per heavy atom. The molecular weight excluding hydrogens is 536 g/mol. The minimum atomic E-state index is -1.25. The van der Waals surface area contributed by atoms with Crippen molar-refractivity contribution in [3.8, 4) is 0 Å². The minimum Gasteiger partial charge on any atom is -0.632 e. The number of aromatic nitrogens is 6. The van der Waals surface area contributed by atoms with Gasteiger partial charge in [0.05, 0.1) is 29.4 Å². The van der Waals surface area contributed by atoms with Gasteiger partial charge in [-0.2, -0.15) is 0 Å². The first-order valence-electron chi connectivity index (χ1n) is 14.9. The highest BCUT2D eigenvalue weighted by molar-refractivity contribution is 5.81. The van der Waals surface area contributed by atoms with Crippen molar-refractivity contribution in [2.24, 2.45) is 5.92 Å². The number of nitrogens with two attached hydrogens (primary N) is 1. The monoisotopic (exact) mass is 578 g/mol. The standard InChI is InChI=1S/C30H42N8O4/c1-16(2)38(41,13-22-25(39)26(40)29(42-22)37-15-34-24-27(31)32-14-33-28(24)37)19-10-17(11-19)6-9-23-35-20-8-7-18(30(3,4)5)12-21(20)36-23/h7-8,12,14-17,19,22,25-26,29,39-40H,6,9-11,13H2,1-5H3,(H,35,36)(H2,31,32,33)/t17?,19?,22-,25-,26-,29-,38?/m1/s1.